The van der Waals surface area contributed by atoms with Gasteiger partial charge in [-0.3, -0.25) is 4.79 Å². The zero-order valence-electron chi connectivity index (χ0n) is 22.5. The van der Waals surface area contributed by atoms with Crippen molar-refractivity contribution in [2.45, 2.75) is 103 Å². The van der Waals surface area contributed by atoms with Crippen molar-refractivity contribution in [3.05, 3.63) is 48.6 Å². The molecule has 3 unspecified atom stereocenters. The number of allylic oxidation sites excluding steroid dienone is 8. The topological polar surface area (TPSA) is 78.8 Å². The molecule has 0 aromatic carbocycles. The van der Waals surface area contributed by atoms with Crippen LogP contribution in [0.3, 0.4) is 0 Å². The van der Waals surface area contributed by atoms with Gasteiger partial charge in [-0.1, -0.05) is 68.9 Å². The zero-order valence-corrected chi connectivity index (χ0v) is 22.5. The summed E-state index contributed by atoms with van der Waals surface area (Å²) in [5.74, 6) is 0.510. The van der Waals surface area contributed by atoms with Crippen LogP contribution in [0.15, 0.2) is 48.6 Å². The lowest BCUT2D eigenvalue weighted by molar-refractivity contribution is -0.121. The van der Waals surface area contributed by atoms with E-state index in [0.29, 0.717) is 18.9 Å². The molecule has 0 aromatic heterocycles. The molecule has 35 heavy (non-hydrogen) atoms. The van der Waals surface area contributed by atoms with Gasteiger partial charge in [0.2, 0.25) is 5.91 Å². The molecule has 0 heterocycles. The molecule has 0 aliphatic heterocycles. The van der Waals surface area contributed by atoms with Crippen LogP contribution < -0.4 is 5.32 Å². The Morgan fingerprint density at radius 2 is 1.63 bits per heavy atom. The third kappa shape index (κ3) is 16.6. The van der Waals surface area contributed by atoms with Gasteiger partial charge in [-0.15, -0.1) is 0 Å². The number of carbonyl (C=O) groups excluding carboxylic acids is 1. The lowest BCUT2D eigenvalue weighted by atomic mass is 9.85. The molecule has 1 rings (SSSR count). The SMILES string of the molecule is COC1CC(CNC(=O)CCC/C=C\C/C=C\C/C=C\C/C=C\C(C)(C)CCCCO)CCC1O. The van der Waals surface area contributed by atoms with Gasteiger partial charge in [0.1, 0.15) is 0 Å². The minimum absolute atomic E-state index is 0.103. The molecule has 3 N–H and O–H groups in total. The van der Waals surface area contributed by atoms with Gasteiger partial charge in [-0.2, -0.15) is 0 Å². The Morgan fingerprint density at radius 1 is 0.971 bits per heavy atom. The number of unbranched alkanes of at least 4 members (excludes halogenated alkanes) is 2. The molecule has 0 spiro atoms. The largest absolute Gasteiger partial charge is 0.396 e. The maximum atomic E-state index is 12.1. The molecule has 1 amide bonds. The van der Waals surface area contributed by atoms with Crippen LogP contribution in [0.2, 0.25) is 0 Å². The molecule has 1 aliphatic carbocycles. The number of carbonyl (C=O) groups is 1. The van der Waals surface area contributed by atoms with Crippen molar-refractivity contribution in [3.63, 3.8) is 0 Å². The minimum Gasteiger partial charge on any atom is -0.396 e. The Balaban J connectivity index is 2.02. The highest BCUT2D eigenvalue weighted by Gasteiger charge is 2.29. The van der Waals surface area contributed by atoms with E-state index in [1.165, 1.54) is 0 Å². The van der Waals surface area contributed by atoms with Crippen molar-refractivity contribution in [3.8, 4) is 0 Å². The fraction of sp³-hybridized carbons (Fsp3) is 0.700. The van der Waals surface area contributed by atoms with E-state index in [-0.39, 0.29) is 30.1 Å². The number of amides is 1. The molecule has 5 heteroatoms. The first-order valence-corrected chi connectivity index (χ1v) is 13.6. The molecule has 1 aliphatic rings. The Hall–Kier alpha value is -1.69. The second-order valence-electron chi connectivity index (χ2n) is 10.4. The molecule has 1 saturated carbocycles. The smallest absolute Gasteiger partial charge is 0.220 e. The van der Waals surface area contributed by atoms with Crippen LogP contribution >= 0.6 is 0 Å². The van der Waals surface area contributed by atoms with E-state index in [1.54, 1.807) is 7.11 Å². The molecule has 0 bridgehead atoms. The Morgan fingerprint density at radius 3 is 2.29 bits per heavy atom. The average molecular weight is 490 g/mol. The maximum Gasteiger partial charge on any atom is 0.220 e. The fourth-order valence-corrected chi connectivity index (χ4v) is 4.36. The molecule has 3 atom stereocenters. The predicted octanol–water partition coefficient (Wildman–Crippen LogP) is 6.03. The third-order valence-electron chi connectivity index (χ3n) is 6.65. The van der Waals surface area contributed by atoms with Crippen LogP contribution in [0, 0.1) is 11.3 Å². The van der Waals surface area contributed by atoms with Crippen molar-refractivity contribution in [1.82, 2.24) is 5.32 Å². The molecule has 0 radical (unpaired) electrons. The summed E-state index contributed by atoms with van der Waals surface area (Å²) in [6, 6.07) is 0. The predicted molar refractivity (Wildman–Crippen MR) is 146 cm³/mol. The Bertz CT molecular complexity index is 665. The number of hydrogen-bond donors (Lipinski definition) is 3. The van der Waals surface area contributed by atoms with E-state index >= 15 is 0 Å². The number of aliphatic hydroxyl groups is 2. The second kappa shape index (κ2) is 19.5. The number of rotatable bonds is 18. The highest BCUT2D eigenvalue weighted by molar-refractivity contribution is 5.75. The fourth-order valence-electron chi connectivity index (χ4n) is 4.36. The van der Waals surface area contributed by atoms with E-state index in [2.05, 4.69) is 67.8 Å². The number of ether oxygens (including phenoxy) is 1. The van der Waals surface area contributed by atoms with Crippen molar-refractivity contribution in [1.29, 1.82) is 0 Å². The molecule has 0 aromatic rings. The van der Waals surface area contributed by atoms with Gasteiger partial charge in [-0.05, 0) is 75.5 Å². The van der Waals surface area contributed by atoms with Crippen LogP contribution in [-0.4, -0.2) is 48.6 Å². The van der Waals surface area contributed by atoms with Gasteiger partial charge in [-0.25, -0.2) is 0 Å². The van der Waals surface area contributed by atoms with Crippen LogP contribution in [0.1, 0.15) is 90.9 Å². The zero-order chi connectivity index (χ0) is 25.8. The third-order valence-corrected chi connectivity index (χ3v) is 6.65. The van der Waals surface area contributed by atoms with Gasteiger partial charge in [0.15, 0.2) is 0 Å². The van der Waals surface area contributed by atoms with Crippen molar-refractivity contribution >= 4 is 5.91 Å². The molecule has 200 valence electrons. The van der Waals surface area contributed by atoms with E-state index in [9.17, 15) is 9.90 Å². The number of aliphatic hydroxyl groups excluding tert-OH is 2. The maximum absolute atomic E-state index is 12.1. The summed E-state index contributed by atoms with van der Waals surface area (Å²) in [4.78, 5) is 12.1. The monoisotopic (exact) mass is 489 g/mol. The van der Waals surface area contributed by atoms with Gasteiger partial charge < -0.3 is 20.3 Å². The van der Waals surface area contributed by atoms with E-state index in [0.717, 1.165) is 70.6 Å². The normalized spacial score (nSPS) is 21.7. The van der Waals surface area contributed by atoms with Gasteiger partial charge in [0.05, 0.1) is 12.2 Å². The summed E-state index contributed by atoms with van der Waals surface area (Å²) in [5, 5.41) is 21.8. The first kappa shape index (κ1) is 31.3. The van der Waals surface area contributed by atoms with E-state index in [4.69, 9.17) is 9.84 Å². The van der Waals surface area contributed by atoms with Crippen LogP contribution in [0.25, 0.3) is 0 Å². The van der Waals surface area contributed by atoms with Gasteiger partial charge >= 0.3 is 0 Å². The second-order valence-corrected chi connectivity index (χ2v) is 10.4. The first-order valence-electron chi connectivity index (χ1n) is 13.6. The first-order chi connectivity index (χ1) is 16.9. The van der Waals surface area contributed by atoms with Gasteiger partial charge in [0, 0.05) is 26.7 Å². The number of methoxy groups -OCH3 is 1. The van der Waals surface area contributed by atoms with E-state index in [1.807, 2.05) is 0 Å². The van der Waals surface area contributed by atoms with Crippen LogP contribution in [0.5, 0.6) is 0 Å². The molecular weight excluding hydrogens is 438 g/mol. The summed E-state index contributed by atoms with van der Waals surface area (Å²) in [5.41, 5.74) is 0.202. The minimum atomic E-state index is -0.371. The van der Waals surface area contributed by atoms with Crippen molar-refractivity contribution < 1.29 is 19.7 Å². The molecule has 0 saturated heterocycles. The quantitative estimate of drug-likeness (QED) is 0.162. The van der Waals surface area contributed by atoms with Crippen LogP contribution in [0.4, 0.5) is 0 Å². The summed E-state index contributed by atoms with van der Waals surface area (Å²) < 4.78 is 5.33. The lowest BCUT2D eigenvalue weighted by Gasteiger charge is -2.32. The highest BCUT2D eigenvalue weighted by atomic mass is 16.5. The lowest BCUT2D eigenvalue weighted by Crippen LogP contribution is -2.39. The van der Waals surface area contributed by atoms with Crippen molar-refractivity contribution in [2.24, 2.45) is 11.3 Å². The number of nitrogens with one attached hydrogen (secondary N) is 1. The summed E-state index contributed by atoms with van der Waals surface area (Å²) in [7, 11) is 1.64. The summed E-state index contributed by atoms with van der Waals surface area (Å²) in [6.07, 6.45) is 27.9. The average Bonchev–Trinajstić information content (AvgIpc) is 2.83. The Labute approximate surface area is 214 Å². The standard InChI is InChI=1S/C30H51NO4/c1-30(2,22-16-17-23-32)21-15-13-11-9-7-5-4-6-8-10-12-14-18-29(34)31-25-26-19-20-27(33)28(24-26)35-3/h4-5,8-11,15,21,26-28,32-33H,6-7,12-14,16-20,22-25H2,1-3H3,(H,31,34)/b5-4-,10-8-,11-9-,21-15-. The summed E-state index contributed by atoms with van der Waals surface area (Å²) >= 11 is 0. The van der Waals surface area contributed by atoms with E-state index < -0.39 is 0 Å². The molecule has 1 fully saturated rings. The van der Waals surface area contributed by atoms with Crippen LogP contribution in [-0.2, 0) is 9.53 Å². The number of hydrogen-bond acceptors (Lipinski definition) is 4. The molecular formula is C30H51NO4. The molecule has 5 nitrogen and oxygen atoms in total. The van der Waals surface area contributed by atoms with Gasteiger partial charge in [0.25, 0.3) is 0 Å². The summed E-state index contributed by atoms with van der Waals surface area (Å²) in [6.45, 7) is 5.47. The highest BCUT2D eigenvalue weighted by Crippen LogP contribution is 2.26. The Kier molecular flexibility index (Phi) is 17.5. The van der Waals surface area contributed by atoms with Crippen molar-refractivity contribution in [2.75, 3.05) is 20.3 Å².